The summed E-state index contributed by atoms with van der Waals surface area (Å²) < 4.78 is 1.61. The lowest BCUT2D eigenvalue weighted by molar-refractivity contribution is -0.143. The molecular weight excluding hydrogens is 262 g/mol. The van der Waals surface area contributed by atoms with Crippen LogP contribution in [0.2, 0.25) is 0 Å². The summed E-state index contributed by atoms with van der Waals surface area (Å²) in [5.41, 5.74) is 0. The molecule has 1 fully saturated rings. The van der Waals surface area contributed by atoms with Gasteiger partial charge in [-0.15, -0.1) is 0 Å². The standard InChI is InChI=1S/C12H19N5O3/c1-9(11(18)19)16-5-7-17(8-6-16)12(20)13-10-3-4-15(2)14-10/h3-4,9H,5-8H2,1-2H3,(H,18,19)(H,13,14,20). The molecular formula is C12H19N5O3. The van der Waals surface area contributed by atoms with E-state index in [0.717, 1.165) is 0 Å². The molecule has 8 nitrogen and oxygen atoms in total. The first-order valence-corrected chi connectivity index (χ1v) is 6.50. The number of rotatable bonds is 3. The molecule has 1 aliphatic rings. The topological polar surface area (TPSA) is 90.7 Å². The number of aliphatic carboxylic acids is 1. The van der Waals surface area contributed by atoms with Gasteiger partial charge < -0.3 is 10.0 Å². The average molecular weight is 281 g/mol. The molecule has 1 aliphatic heterocycles. The monoisotopic (exact) mass is 281 g/mol. The van der Waals surface area contributed by atoms with Crippen molar-refractivity contribution in [2.45, 2.75) is 13.0 Å². The molecule has 1 unspecified atom stereocenters. The fourth-order valence-corrected chi connectivity index (χ4v) is 2.14. The third kappa shape index (κ3) is 3.27. The molecule has 8 heteroatoms. The average Bonchev–Trinajstić information content (AvgIpc) is 2.83. The van der Waals surface area contributed by atoms with Crippen LogP contribution in [0.4, 0.5) is 10.6 Å². The molecule has 0 bridgehead atoms. The van der Waals surface area contributed by atoms with Crippen molar-refractivity contribution in [3.63, 3.8) is 0 Å². The summed E-state index contributed by atoms with van der Waals surface area (Å²) in [7, 11) is 1.78. The first kappa shape index (κ1) is 14.3. The van der Waals surface area contributed by atoms with Crippen LogP contribution in [0.25, 0.3) is 0 Å². The second kappa shape index (κ2) is 5.91. The molecule has 0 radical (unpaired) electrons. The van der Waals surface area contributed by atoms with Crippen molar-refractivity contribution in [2.24, 2.45) is 7.05 Å². The molecule has 110 valence electrons. The van der Waals surface area contributed by atoms with E-state index in [-0.39, 0.29) is 6.03 Å². The Labute approximate surface area is 117 Å². The van der Waals surface area contributed by atoms with Crippen LogP contribution in [0.15, 0.2) is 12.3 Å². The van der Waals surface area contributed by atoms with E-state index in [1.165, 1.54) is 0 Å². The van der Waals surface area contributed by atoms with E-state index in [0.29, 0.717) is 32.0 Å². The Morgan fingerprint density at radius 3 is 2.50 bits per heavy atom. The number of carboxylic acid groups (broad SMARTS) is 1. The number of hydrogen-bond donors (Lipinski definition) is 2. The quantitative estimate of drug-likeness (QED) is 0.816. The Morgan fingerprint density at radius 1 is 1.35 bits per heavy atom. The number of aromatic nitrogens is 2. The van der Waals surface area contributed by atoms with Crippen LogP contribution in [0, 0.1) is 0 Å². The number of amides is 2. The number of piperazine rings is 1. The predicted octanol–water partition coefficient (Wildman–Crippen LogP) is 0.0427. The fourth-order valence-electron chi connectivity index (χ4n) is 2.14. The maximum Gasteiger partial charge on any atom is 0.323 e. The molecule has 20 heavy (non-hydrogen) atoms. The zero-order valence-electron chi connectivity index (χ0n) is 11.6. The maximum absolute atomic E-state index is 12.0. The van der Waals surface area contributed by atoms with Gasteiger partial charge in [-0.1, -0.05) is 0 Å². The SMILES string of the molecule is CC(C(=O)O)N1CCN(C(=O)Nc2ccn(C)n2)CC1. The lowest BCUT2D eigenvalue weighted by atomic mass is 10.2. The third-order valence-corrected chi connectivity index (χ3v) is 3.46. The molecule has 0 aromatic carbocycles. The summed E-state index contributed by atoms with van der Waals surface area (Å²) in [5.74, 6) is -0.324. The molecule has 1 atom stereocenters. The number of carbonyl (C=O) groups excluding carboxylic acids is 1. The Kier molecular flexibility index (Phi) is 4.23. The lowest BCUT2D eigenvalue weighted by Gasteiger charge is -2.36. The largest absolute Gasteiger partial charge is 0.480 e. The molecule has 0 aliphatic carbocycles. The van der Waals surface area contributed by atoms with Gasteiger partial charge in [-0.05, 0) is 6.92 Å². The highest BCUT2D eigenvalue weighted by Crippen LogP contribution is 2.09. The lowest BCUT2D eigenvalue weighted by Crippen LogP contribution is -2.53. The highest BCUT2D eigenvalue weighted by atomic mass is 16.4. The Balaban J connectivity index is 1.84. The van der Waals surface area contributed by atoms with Crippen molar-refractivity contribution in [3.05, 3.63) is 12.3 Å². The van der Waals surface area contributed by atoms with Crippen molar-refractivity contribution in [1.82, 2.24) is 19.6 Å². The van der Waals surface area contributed by atoms with Gasteiger partial charge in [0.25, 0.3) is 0 Å². The second-order valence-electron chi connectivity index (χ2n) is 4.84. The number of nitrogens with zero attached hydrogens (tertiary/aromatic N) is 4. The molecule has 1 aromatic heterocycles. The highest BCUT2D eigenvalue weighted by Gasteiger charge is 2.27. The number of hydrogen-bond acceptors (Lipinski definition) is 4. The van der Waals surface area contributed by atoms with E-state index in [1.54, 1.807) is 35.8 Å². The van der Waals surface area contributed by atoms with Crippen LogP contribution >= 0.6 is 0 Å². The van der Waals surface area contributed by atoms with Crippen molar-refractivity contribution in [2.75, 3.05) is 31.5 Å². The third-order valence-electron chi connectivity index (χ3n) is 3.46. The molecule has 1 aromatic rings. The van der Waals surface area contributed by atoms with Crippen LogP contribution in [-0.2, 0) is 11.8 Å². The minimum atomic E-state index is -0.837. The van der Waals surface area contributed by atoms with E-state index in [4.69, 9.17) is 5.11 Å². The van der Waals surface area contributed by atoms with Crippen LogP contribution in [0.3, 0.4) is 0 Å². The van der Waals surface area contributed by atoms with E-state index in [2.05, 4.69) is 10.4 Å². The van der Waals surface area contributed by atoms with Crippen molar-refractivity contribution in [1.29, 1.82) is 0 Å². The van der Waals surface area contributed by atoms with Gasteiger partial charge in [0.05, 0.1) is 0 Å². The molecule has 1 saturated heterocycles. The fraction of sp³-hybridized carbons (Fsp3) is 0.583. The smallest absolute Gasteiger partial charge is 0.323 e. The highest BCUT2D eigenvalue weighted by molar-refractivity contribution is 5.88. The molecule has 0 spiro atoms. The number of carbonyl (C=O) groups is 2. The van der Waals surface area contributed by atoms with Gasteiger partial charge in [-0.2, -0.15) is 5.10 Å². The minimum absolute atomic E-state index is 0.202. The van der Waals surface area contributed by atoms with Gasteiger partial charge in [0.1, 0.15) is 6.04 Å². The van der Waals surface area contributed by atoms with Crippen LogP contribution < -0.4 is 5.32 Å². The van der Waals surface area contributed by atoms with Crippen molar-refractivity contribution < 1.29 is 14.7 Å². The van der Waals surface area contributed by atoms with Crippen LogP contribution in [0.1, 0.15) is 6.92 Å². The van der Waals surface area contributed by atoms with E-state index in [1.807, 2.05) is 4.90 Å². The number of carboxylic acids is 1. The van der Waals surface area contributed by atoms with Gasteiger partial charge >= 0.3 is 12.0 Å². The second-order valence-corrected chi connectivity index (χ2v) is 4.84. The van der Waals surface area contributed by atoms with Gasteiger partial charge in [-0.3, -0.25) is 19.7 Å². The predicted molar refractivity (Wildman–Crippen MR) is 72.5 cm³/mol. The van der Waals surface area contributed by atoms with E-state index >= 15 is 0 Å². The Morgan fingerprint density at radius 2 is 2.00 bits per heavy atom. The summed E-state index contributed by atoms with van der Waals surface area (Å²) in [6.07, 6.45) is 1.75. The Bertz CT molecular complexity index is 493. The molecule has 2 amide bonds. The van der Waals surface area contributed by atoms with Gasteiger partial charge in [0, 0.05) is 45.5 Å². The normalized spacial score (nSPS) is 17.8. The first-order valence-electron chi connectivity index (χ1n) is 6.50. The first-order chi connectivity index (χ1) is 9.47. The maximum atomic E-state index is 12.0. The van der Waals surface area contributed by atoms with Gasteiger partial charge in [0.15, 0.2) is 5.82 Å². The zero-order valence-corrected chi connectivity index (χ0v) is 11.6. The summed E-state index contributed by atoms with van der Waals surface area (Å²) in [5, 5.41) is 15.8. The van der Waals surface area contributed by atoms with E-state index < -0.39 is 12.0 Å². The molecule has 0 saturated carbocycles. The van der Waals surface area contributed by atoms with Gasteiger partial charge in [-0.25, -0.2) is 4.79 Å². The molecule has 2 N–H and O–H groups in total. The molecule has 2 rings (SSSR count). The minimum Gasteiger partial charge on any atom is -0.480 e. The number of urea groups is 1. The number of nitrogens with one attached hydrogen (secondary N) is 1. The van der Waals surface area contributed by atoms with E-state index in [9.17, 15) is 9.59 Å². The summed E-state index contributed by atoms with van der Waals surface area (Å²) in [6, 6.07) is 1.00. The van der Waals surface area contributed by atoms with Crippen molar-refractivity contribution >= 4 is 17.8 Å². The number of anilines is 1. The van der Waals surface area contributed by atoms with Crippen molar-refractivity contribution in [3.8, 4) is 0 Å². The summed E-state index contributed by atoms with van der Waals surface area (Å²) >= 11 is 0. The van der Waals surface area contributed by atoms with Gasteiger partial charge in [0.2, 0.25) is 0 Å². The zero-order chi connectivity index (χ0) is 14.7. The van der Waals surface area contributed by atoms with Crippen LogP contribution in [0.5, 0.6) is 0 Å². The summed E-state index contributed by atoms with van der Waals surface area (Å²) in [4.78, 5) is 26.5. The molecule has 2 heterocycles. The Hall–Kier alpha value is -2.09. The van der Waals surface area contributed by atoms with Crippen LogP contribution in [-0.4, -0.2) is 68.9 Å². The summed E-state index contributed by atoms with van der Waals surface area (Å²) in [6.45, 7) is 3.80. The number of aryl methyl sites for hydroxylation is 1.